The highest BCUT2D eigenvalue weighted by Gasteiger charge is 2.27. The van der Waals surface area contributed by atoms with Crippen LogP contribution in [0.1, 0.15) is 5.56 Å². The van der Waals surface area contributed by atoms with E-state index in [1.54, 1.807) is 54.6 Å². The predicted octanol–water partition coefficient (Wildman–Crippen LogP) is 2.94. The molecule has 0 bridgehead atoms. The zero-order valence-electron chi connectivity index (χ0n) is 17.4. The summed E-state index contributed by atoms with van der Waals surface area (Å²) in [4.78, 5) is 12.8. The molecule has 0 fully saturated rings. The van der Waals surface area contributed by atoms with Crippen molar-refractivity contribution in [2.45, 2.75) is 11.4 Å². The number of hydrogen-bond donors (Lipinski definition) is 1. The van der Waals surface area contributed by atoms with Gasteiger partial charge in [-0.3, -0.25) is 9.10 Å². The lowest BCUT2D eigenvalue weighted by molar-refractivity contribution is -0.119. The van der Waals surface area contributed by atoms with Crippen LogP contribution in [0.2, 0.25) is 0 Å². The summed E-state index contributed by atoms with van der Waals surface area (Å²) in [6.07, 6.45) is 0. The molecule has 1 aliphatic heterocycles. The predicted molar refractivity (Wildman–Crippen MR) is 118 cm³/mol. The second kappa shape index (κ2) is 9.19. The number of amides is 1. The molecule has 0 unspecified atom stereocenters. The maximum absolute atomic E-state index is 13.3. The average molecular weight is 455 g/mol. The minimum Gasteiger partial charge on any atom is -0.497 e. The van der Waals surface area contributed by atoms with E-state index in [1.807, 2.05) is 6.07 Å². The van der Waals surface area contributed by atoms with Crippen LogP contribution in [-0.4, -0.2) is 34.8 Å². The van der Waals surface area contributed by atoms with E-state index in [0.29, 0.717) is 22.9 Å². The Bertz CT molecular complexity index is 1200. The van der Waals surface area contributed by atoms with E-state index in [1.165, 1.54) is 19.2 Å². The molecule has 0 saturated carbocycles. The van der Waals surface area contributed by atoms with Crippen LogP contribution < -0.4 is 23.8 Å². The normalized spacial score (nSPS) is 12.3. The van der Waals surface area contributed by atoms with E-state index in [2.05, 4.69) is 5.32 Å². The number of methoxy groups -OCH3 is 1. The summed E-state index contributed by atoms with van der Waals surface area (Å²) in [7, 11) is -2.44. The van der Waals surface area contributed by atoms with Gasteiger partial charge in [0.15, 0.2) is 11.5 Å². The van der Waals surface area contributed by atoms with Crippen molar-refractivity contribution >= 4 is 21.6 Å². The highest BCUT2D eigenvalue weighted by molar-refractivity contribution is 7.92. The molecule has 0 radical (unpaired) electrons. The lowest BCUT2D eigenvalue weighted by Crippen LogP contribution is -2.40. The first-order valence-corrected chi connectivity index (χ1v) is 11.3. The standard InChI is InChI=1S/C23H22N2O6S/c1-29-19-10-8-18(9-11-19)25(32(27,28)20-5-3-2-4-6-20)15-23(26)24-14-17-7-12-21-22(13-17)31-16-30-21/h2-13H,14-16H2,1H3,(H,24,26). The Kier molecular flexibility index (Phi) is 6.18. The van der Waals surface area contributed by atoms with Gasteiger partial charge >= 0.3 is 0 Å². The molecule has 0 aromatic heterocycles. The van der Waals surface area contributed by atoms with E-state index < -0.39 is 15.9 Å². The molecular formula is C23H22N2O6S. The number of carbonyl (C=O) groups is 1. The molecule has 1 amide bonds. The molecule has 9 heteroatoms. The van der Waals surface area contributed by atoms with Gasteiger partial charge in [0.1, 0.15) is 12.3 Å². The van der Waals surface area contributed by atoms with Gasteiger partial charge in [-0.25, -0.2) is 8.42 Å². The minimum atomic E-state index is -3.96. The molecule has 3 aromatic carbocycles. The van der Waals surface area contributed by atoms with Crippen LogP contribution in [0, 0.1) is 0 Å². The second-order valence-corrected chi connectivity index (χ2v) is 8.85. The minimum absolute atomic E-state index is 0.0967. The molecule has 8 nitrogen and oxygen atoms in total. The number of hydrogen-bond acceptors (Lipinski definition) is 6. The van der Waals surface area contributed by atoms with Crippen LogP contribution >= 0.6 is 0 Å². The van der Waals surface area contributed by atoms with Crippen LogP contribution in [0.15, 0.2) is 77.7 Å². The summed E-state index contributed by atoms with van der Waals surface area (Å²) < 4.78 is 43.5. The summed E-state index contributed by atoms with van der Waals surface area (Å²) in [5, 5.41) is 2.77. The summed E-state index contributed by atoms with van der Waals surface area (Å²) in [5.41, 5.74) is 1.16. The number of ether oxygens (including phenoxy) is 3. The molecule has 1 N–H and O–H groups in total. The lowest BCUT2D eigenvalue weighted by atomic mass is 10.2. The topological polar surface area (TPSA) is 94.2 Å². The third kappa shape index (κ3) is 4.62. The number of rotatable bonds is 8. The summed E-state index contributed by atoms with van der Waals surface area (Å²) in [6, 6.07) is 19.9. The van der Waals surface area contributed by atoms with Crippen molar-refractivity contribution in [2.75, 3.05) is 24.8 Å². The van der Waals surface area contributed by atoms with Crippen molar-refractivity contribution in [2.24, 2.45) is 0 Å². The van der Waals surface area contributed by atoms with E-state index in [9.17, 15) is 13.2 Å². The van der Waals surface area contributed by atoms with Crippen LogP contribution in [0.5, 0.6) is 17.2 Å². The molecule has 32 heavy (non-hydrogen) atoms. The van der Waals surface area contributed by atoms with E-state index in [0.717, 1.165) is 9.87 Å². The summed E-state index contributed by atoms with van der Waals surface area (Å²) in [5.74, 6) is 1.40. The van der Waals surface area contributed by atoms with Gasteiger partial charge in [-0.2, -0.15) is 0 Å². The van der Waals surface area contributed by atoms with Gasteiger partial charge in [0.05, 0.1) is 17.7 Å². The first-order valence-electron chi connectivity index (χ1n) is 9.84. The maximum atomic E-state index is 13.3. The summed E-state index contributed by atoms with van der Waals surface area (Å²) in [6.45, 7) is 0.00469. The number of fused-ring (bicyclic) bond motifs is 1. The largest absolute Gasteiger partial charge is 0.497 e. The van der Waals surface area contributed by atoms with Gasteiger partial charge < -0.3 is 19.5 Å². The summed E-state index contributed by atoms with van der Waals surface area (Å²) >= 11 is 0. The molecule has 0 saturated heterocycles. The first-order chi connectivity index (χ1) is 15.5. The third-order valence-corrected chi connectivity index (χ3v) is 6.69. The van der Waals surface area contributed by atoms with E-state index in [4.69, 9.17) is 14.2 Å². The van der Waals surface area contributed by atoms with Crippen LogP contribution in [0.3, 0.4) is 0 Å². The fourth-order valence-electron chi connectivity index (χ4n) is 3.22. The van der Waals surface area contributed by atoms with Gasteiger partial charge in [-0.05, 0) is 54.1 Å². The van der Waals surface area contributed by atoms with Gasteiger partial charge in [-0.15, -0.1) is 0 Å². The van der Waals surface area contributed by atoms with Crippen LogP contribution in [0.25, 0.3) is 0 Å². The number of nitrogens with one attached hydrogen (secondary N) is 1. The zero-order chi connectivity index (χ0) is 22.6. The van der Waals surface area contributed by atoms with Gasteiger partial charge in [0.2, 0.25) is 12.7 Å². The van der Waals surface area contributed by atoms with Crippen LogP contribution in [0.4, 0.5) is 5.69 Å². The van der Waals surface area contributed by atoms with Crippen molar-refractivity contribution < 1.29 is 27.4 Å². The van der Waals surface area contributed by atoms with Crippen molar-refractivity contribution in [3.05, 3.63) is 78.4 Å². The number of nitrogens with zero attached hydrogens (tertiary/aromatic N) is 1. The smallest absolute Gasteiger partial charge is 0.264 e. The third-order valence-electron chi connectivity index (χ3n) is 4.91. The van der Waals surface area contributed by atoms with E-state index in [-0.39, 0.29) is 24.8 Å². The van der Waals surface area contributed by atoms with Gasteiger partial charge in [0, 0.05) is 6.54 Å². The quantitative estimate of drug-likeness (QED) is 0.563. The molecular weight excluding hydrogens is 432 g/mol. The Morgan fingerprint density at radius 3 is 2.44 bits per heavy atom. The molecule has 1 heterocycles. The van der Waals surface area contributed by atoms with Crippen LogP contribution in [-0.2, 0) is 21.4 Å². The monoisotopic (exact) mass is 454 g/mol. The number of sulfonamides is 1. The molecule has 0 aliphatic carbocycles. The van der Waals surface area contributed by atoms with Crippen molar-refractivity contribution in [1.82, 2.24) is 5.32 Å². The second-order valence-electron chi connectivity index (χ2n) is 6.99. The molecule has 0 atom stereocenters. The Morgan fingerprint density at radius 2 is 1.72 bits per heavy atom. The molecule has 0 spiro atoms. The van der Waals surface area contributed by atoms with Gasteiger partial charge in [0.25, 0.3) is 10.0 Å². The Labute approximate surface area is 186 Å². The molecule has 166 valence electrons. The van der Waals surface area contributed by atoms with Crippen molar-refractivity contribution in [1.29, 1.82) is 0 Å². The Morgan fingerprint density at radius 1 is 1.00 bits per heavy atom. The van der Waals surface area contributed by atoms with Crippen molar-refractivity contribution in [3.8, 4) is 17.2 Å². The Hall–Kier alpha value is -3.72. The Balaban J connectivity index is 1.53. The lowest BCUT2D eigenvalue weighted by Gasteiger charge is -2.24. The maximum Gasteiger partial charge on any atom is 0.264 e. The number of anilines is 1. The fraction of sp³-hybridized carbons (Fsp3) is 0.174. The first kappa shape index (κ1) is 21.5. The molecule has 4 rings (SSSR count). The fourth-order valence-corrected chi connectivity index (χ4v) is 4.66. The SMILES string of the molecule is COc1ccc(N(CC(=O)NCc2ccc3c(c2)OCO3)S(=O)(=O)c2ccccc2)cc1. The number of benzene rings is 3. The van der Waals surface area contributed by atoms with Crippen molar-refractivity contribution in [3.63, 3.8) is 0 Å². The van der Waals surface area contributed by atoms with E-state index >= 15 is 0 Å². The zero-order valence-corrected chi connectivity index (χ0v) is 18.2. The van der Waals surface area contributed by atoms with Gasteiger partial charge in [-0.1, -0.05) is 24.3 Å². The number of carbonyl (C=O) groups excluding carboxylic acids is 1. The highest BCUT2D eigenvalue weighted by atomic mass is 32.2. The average Bonchev–Trinajstić information content (AvgIpc) is 3.30. The molecule has 3 aromatic rings. The molecule has 1 aliphatic rings. The highest BCUT2D eigenvalue weighted by Crippen LogP contribution is 2.32.